The van der Waals surface area contributed by atoms with Gasteiger partial charge < -0.3 is 19.9 Å². The molecule has 0 bridgehead atoms. The number of hydrogen-bond donors (Lipinski definition) is 2. The van der Waals surface area contributed by atoms with Crippen molar-refractivity contribution < 1.29 is 18.7 Å². The summed E-state index contributed by atoms with van der Waals surface area (Å²) in [5.41, 5.74) is 0.370. The number of carbonyl (C=O) groups is 2. The van der Waals surface area contributed by atoms with Crippen LogP contribution in [0.2, 0.25) is 5.02 Å². The zero-order valence-electron chi connectivity index (χ0n) is 19.8. The van der Waals surface area contributed by atoms with Gasteiger partial charge >= 0.3 is 12.1 Å². The highest BCUT2D eigenvalue weighted by atomic mass is 35.5. The van der Waals surface area contributed by atoms with E-state index in [1.165, 1.54) is 17.4 Å². The van der Waals surface area contributed by atoms with Crippen LogP contribution in [0.25, 0.3) is 10.3 Å². The van der Waals surface area contributed by atoms with Crippen LogP contribution >= 0.6 is 22.9 Å². The smallest absolute Gasteiger partial charge is 0.410 e. The summed E-state index contributed by atoms with van der Waals surface area (Å²) in [5, 5.41) is 6.29. The third-order valence-corrected chi connectivity index (χ3v) is 6.37. The van der Waals surface area contributed by atoms with Crippen molar-refractivity contribution in [3.63, 3.8) is 0 Å². The fourth-order valence-corrected chi connectivity index (χ4v) is 4.60. The van der Waals surface area contributed by atoms with E-state index in [0.29, 0.717) is 51.5 Å². The molecule has 3 heterocycles. The number of amides is 3. The average Bonchev–Trinajstić information content (AvgIpc) is 3.38. The Labute approximate surface area is 211 Å². The van der Waals surface area contributed by atoms with Crippen LogP contribution in [0.5, 0.6) is 0 Å². The van der Waals surface area contributed by atoms with Gasteiger partial charge in [0.1, 0.15) is 27.6 Å². The van der Waals surface area contributed by atoms with Gasteiger partial charge in [0, 0.05) is 31.2 Å². The third-order valence-electron chi connectivity index (χ3n) is 5.25. The van der Waals surface area contributed by atoms with E-state index in [9.17, 15) is 14.0 Å². The Bertz CT molecular complexity index is 1260. The fourth-order valence-electron chi connectivity index (χ4n) is 3.61. The van der Waals surface area contributed by atoms with Crippen molar-refractivity contribution in [2.75, 3.05) is 30.4 Å². The Morgan fingerprint density at radius 3 is 2.74 bits per heavy atom. The maximum atomic E-state index is 14.3. The number of aromatic nitrogens is 2. The van der Waals surface area contributed by atoms with Gasteiger partial charge in [-0.1, -0.05) is 22.9 Å². The molecular formula is C23H26ClFN6O3S. The minimum atomic E-state index is -0.571. The number of thiazole rings is 1. The van der Waals surface area contributed by atoms with Gasteiger partial charge in [0.15, 0.2) is 5.13 Å². The number of nitrogens with zero attached hydrogens (tertiary/aromatic N) is 4. The lowest BCUT2D eigenvalue weighted by Crippen LogP contribution is -2.41. The van der Waals surface area contributed by atoms with Gasteiger partial charge in [0.2, 0.25) is 0 Å². The van der Waals surface area contributed by atoms with Crippen LogP contribution in [0.4, 0.5) is 30.6 Å². The van der Waals surface area contributed by atoms with Crippen molar-refractivity contribution in [3.8, 4) is 0 Å². The van der Waals surface area contributed by atoms with E-state index < -0.39 is 23.5 Å². The maximum absolute atomic E-state index is 14.3. The first-order valence-electron chi connectivity index (χ1n) is 11.0. The number of hydrogen-bond acceptors (Lipinski definition) is 7. The van der Waals surface area contributed by atoms with E-state index in [4.69, 9.17) is 16.3 Å². The van der Waals surface area contributed by atoms with Crippen molar-refractivity contribution in [2.45, 2.75) is 38.8 Å². The largest absolute Gasteiger partial charge is 0.444 e. The molecule has 0 aliphatic carbocycles. The second-order valence-corrected chi connectivity index (χ2v) is 10.6. The molecule has 1 fully saturated rings. The van der Waals surface area contributed by atoms with E-state index in [2.05, 4.69) is 20.6 Å². The van der Waals surface area contributed by atoms with Gasteiger partial charge in [-0.2, -0.15) is 0 Å². The highest BCUT2D eigenvalue weighted by Gasteiger charge is 2.30. The zero-order valence-corrected chi connectivity index (χ0v) is 21.3. The Balaban J connectivity index is 1.37. The normalized spacial score (nSPS) is 15.8. The number of rotatable bonds is 4. The summed E-state index contributed by atoms with van der Waals surface area (Å²) in [5.74, 6) is 0.0638. The van der Waals surface area contributed by atoms with Crippen LogP contribution in [0.15, 0.2) is 30.3 Å². The maximum Gasteiger partial charge on any atom is 0.410 e. The number of halogens is 2. The molecule has 1 atom stereocenters. The van der Waals surface area contributed by atoms with Crippen molar-refractivity contribution in [3.05, 3.63) is 41.2 Å². The van der Waals surface area contributed by atoms with Crippen LogP contribution in [0.1, 0.15) is 27.2 Å². The molecule has 2 aromatic heterocycles. The number of pyridine rings is 1. The molecule has 0 unspecified atom stereocenters. The first kappa shape index (κ1) is 24.9. The number of likely N-dealkylation sites (tertiary alicyclic amines) is 1. The molecule has 2 N–H and O–H groups in total. The number of benzene rings is 1. The topological polar surface area (TPSA) is 99.7 Å². The number of anilines is 3. The first-order chi connectivity index (χ1) is 16.5. The van der Waals surface area contributed by atoms with Crippen LogP contribution in [0, 0.1) is 5.82 Å². The van der Waals surface area contributed by atoms with Gasteiger partial charge in [0.25, 0.3) is 0 Å². The van der Waals surface area contributed by atoms with Gasteiger partial charge in [-0.25, -0.2) is 23.9 Å². The summed E-state index contributed by atoms with van der Waals surface area (Å²) in [6.45, 7) is 6.33. The number of fused-ring (bicyclic) bond motifs is 1. The monoisotopic (exact) mass is 520 g/mol. The Morgan fingerprint density at radius 2 is 2.03 bits per heavy atom. The van der Waals surface area contributed by atoms with E-state index in [1.54, 1.807) is 41.1 Å². The van der Waals surface area contributed by atoms with Crippen molar-refractivity contribution >= 4 is 62.0 Å². The Kier molecular flexibility index (Phi) is 7.00. The third kappa shape index (κ3) is 6.09. The van der Waals surface area contributed by atoms with E-state index in [-0.39, 0.29) is 6.04 Å². The average molecular weight is 521 g/mol. The minimum Gasteiger partial charge on any atom is -0.444 e. The molecule has 12 heteroatoms. The predicted octanol–water partition coefficient (Wildman–Crippen LogP) is 5.38. The molecule has 1 aliphatic heterocycles. The van der Waals surface area contributed by atoms with Crippen molar-refractivity contribution in [1.29, 1.82) is 0 Å². The molecule has 1 aromatic carbocycles. The van der Waals surface area contributed by atoms with E-state index in [0.717, 1.165) is 0 Å². The summed E-state index contributed by atoms with van der Waals surface area (Å²) in [6, 6.07) is 7.32. The second-order valence-electron chi connectivity index (χ2n) is 9.18. The van der Waals surface area contributed by atoms with Crippen LogP contribution in [-0.2, 0) is 4.74 Å². The summed E-state index contributed by atoms with van der Waals surface area (Å²) in [6.07, 6.45) is 0.240. The number of urea groups is 1. The Morgan fingerprint density at radius 1 is 1.26 bits per heavy atom. The summed E-state index contributed by atoms with van der Waals surface area (Å²) in [7, 11) is 1.70. The minimum absolute atomic E-state index is 0.190. The van der Waals surface area contributed by atoms with E-state index >= 15 is 0 Å². The summed E-state index contributed by atoms with van der Waals surface area (Å²) < 4.78 is 19.7. The molecule has 0 saturated carbocycles. The van der Waals surface area contributed by atoms with Gasteiger partial charge in [0.05, 0.1) is 5.69 Å². The van der Waals surface area contributed by atoms with Crippen molar-refractivity contribution in [1.82, 2.24) is 20.2 Å². The molecule has 4 rings (SSSR count). The van der Waals surface area contributed by atoms with Gasteiger partial charge in [-0.15, -0.1) is 0 Å². The predicted molar refractivity (Wildman–Crippen MR) is 135 cm³/mol. The molecule has 9 nitrogen and oxygen atoms in total. The Hall–Kier alpha value is -3.18. The number of ether oxygens (including phenoxy) is 1. The standard InChI is InChI=1S/C23H26ClFN6O3S/c1-23(2,3)34-22(33)31-10-9-14(12-31)26-20(32)29-21-27-16-6-8-18(28-19(16)35-21)30(4)17-7-5-13(24)11-15(17)25/h5-8,11,14H,9-10,12H2,1-4H3,(H2,26,27,29,32)/t14-/m0/s1. The molecule has 3 aromatic rings. The van der Waals surface area contributed by atoms with Crippen LogP contribution in [0.3, 0.4) is 0 Å². The van der Waals surface area contributed by atoms with Gasteiger partial charge in [-0.05, 0) is 57.5 Å². The molecule has 0 radical (unpaired) electrons. The molecule has 35 heavy (non-hydrogen) atoms. The first-order valence-corrected chi connectivity index (χ1v) is 12.2. The molecule has 1 aliphatic rings. The molecule has 3 amide bonds. The van der Waals surface area contributed by atoms with Crippen LogP contribution in [-0.4, -0.2) is 58.8 Å². The SMILES string of the molecule is CN(c1ccc2nc(NC(=O)N[C@H]3CCN(C(=O)OC(C)(C)C)C3)sc2n1)c1ccc(Cl)cc1F. The summed E-state index contributed by atoms with van der Waals surface area (Å²) >= 11 is 7.05. The van der Waals surface area contributed by atoms with Crippen molar-refractivity contribution in [2.24, 2.45) is 0 Å². The lowest BCUT2D eigenvalue weighted by molar-refractivity contribution is 0.0291. The fraction of sp³-hybridized carbons (Fsp3) is 0.391. The quantitative estimate of drug-likeness (QED) is 0.479. The number of carbonyl (C=O) groups excluding carboxylic acids is 2. The summed E-state index contributed by atoms with van der Waals surface area (Å²) in [4.78, 5) is 37.5. The molecule has 1 saturated heterocycles. The lowest BCUT2D eigenvalue weighted by atomic mass is 10.2. The molecule has 186 valence electrons. The molecule has 0 spiro atoms. The highest BCUT2D eigenvalue weighted by molar-refractivity contribution is 7.22. The van der Waals surface area contributed by atoms with Gasteiger partial charge in [-0.3, -0.25) is 5.32 Å². The number of nitrogens with one attached hydrogen (secondary N) is 2. The van der Waals surface area contributed by atoms with E-state index in [1.807, 2.05) is 20.8 Å². The second kappa shape index (κ2) is 9.82. The lowest BCUT2D eigenvalue weighted by Gasteiger charge is -2.24. The zero-order chi connectivity index (χ0) is 25.3. The molecular weight excluding hydrogens is 495 g/mol. The van der Waals surface area contributed by atoms with Crippen LogP contribution < -0.4 is 15.5 Å². The highest BCUT2D eigenvalue weighted by Crippen LogP contribution is 2.31.